The van der Waals surface area contributed by atoms with Crippen LogP contribution in [-0.2, 0) is 41.5 Å². The summed E-state index contributed by atoms with van der Waals surface area (Å²) in [4.78, 5) is 44.9. The van der Waals surface area contributed by atoms with Gasteiger partial charge in [0.05, 0.1) is 72.7 Å². The van der Waals surface area contributed by atoms with Crippen LogP contribution in [0.2, 0.25) is 0 Å². The van der Waals surface area contributed by atoms with E-state index in [1.165, 1.54) is 23.3 Å². The molecular weight excluding hydrogens is 732 g/mol. The third-order valence-corrected chi connectivity index (χ3v) is 9.91. The average molecular weight is 791 g/mol. The number of carboxylic acids is 2. The fourth-order valence-electron chi connectivity index (χ4n) is 6.86. The predicted octanol–water partition coefficient (Wildman–Crippen LogP) is 3.13. The minimum absolute atomic E-state index is 0.117. The van der Waals surface area contributed by atoms with Gasteiger partial charge < -0.3 is 54.6 Å². The Morgan fingerprint density at radius 3 is 1.66 bits per heavy atom. The molecule has 1 saturated heterocycles. The number of imide groups is 1. The first-order valence-electron chi connectivity index (χ1n) is 18.9. The van der Waals surface area contributed by atoms with Gasteiger partial charge in [-0.1, -0.05) is 37.8 Å². The zero-order valence-electron chi connectivity index (χ0n) is 32.7. The molecule has 16 nitrogen and oxygen atoms in total. The number of aliphatic carboxylic acids is 2. The Morgan fingerprint density at radius 2 is 1.23 bits per heavy atom. The Hall–Kier alpha value is -4.48. The maximum absolute atomic E-state index is 12.2. The van der Waals surface area contributed by atoms with Crippen LogP contribution in [0, 0.1) is 0 Å². The number of aliphatic hydroxyl groups is 2. The zero-order valence-corrected chi connectivity index (χ0v) is 32.7. The van der Waals surface area contributed by atoms with Crippen molar-refractivity contribution < 1.29 is 68.0 Å². The number of nitrogens with zero attached hydrogens (tertiary/aromatic N) is 1. The van der Waals surface area contributed by atoms with Crippen LogP contribution in [0.15, 0.2) is 36.4 Å². The molecule has 6 N–H and O–H groups in total. The van der Waals surface area contributed by atoms with Gasteiger partial charge in [-0.3, -0.25) is 19.3 Å². The Labute approximate surface area is 327 Å². The lowest BCUT2D eigenvalue weighted by molar-refractivity contribution is -0.153. The first-order valence-corrected chi connectivity index (χ1v) is 18.9. The maximum atomic E-state index is 12.2. The highest BCUT2D eigenvalue weighted by atomic mass is 16.5. The quantitative estimate of drug-likeness (QED) is 0.154. The van der Waals surface area contributed by atoms with E-state index in [1.807, 2.05) is 36.4 Å². The van der Waals surface area contributed by atoms with Gasteiger partial charge in [-0.15, -0.1) is 0 Å². The largest absolute Gasteiger partial charge is 0.493 e. The van der Waals surface area contributed by atoms with Gasteiger partial charge in [0.25, 0.3) is 5.91 Å². The molecular formula is C40H58N2O14. The van der Waals surface area contributed by atoms with E-state index in [2.05, 4.69) is 0 Å². The fraction of sp³-hybridized carbons (Fsp3) is 0.600. The van der Waals surface area contributed by atoms with E-state index in [1.54, 1.807) is 28.4 Å². The average Bonchev–Trinajstić information content (AvgIpc) is 3.45. The van der Waals surface area contributed by atoms with Crippen molar-refractivity contribution in [3.05, 3.63) is 47.5 Å². The van der Waals surface area contributed by atoms with Gasteiger partial charge in [0, 0.05) is 6.04 Å². The summed E-state index contributed by atoms with van der Waals surface area (Å²) in [6.07, 6.45) is 5.87. The van der Waals surface area contributed by atoms with Crippen molar-refractivity contribution >= 4 is 23.8 Å². The zero-order chi connectivity index (χ0) is 41.2. The van der Waals surface area contributed by atoms with E-state index in [4.69, 9.17) is 49.5 Å². The van der Waals surface area contributed by atoms with E-state index >= 15 is 0 Å². The number of rotatable bonds is 16. The smallest absolute Gasteiger partial charge is 0.333 e. The summed E-state index contributed by atoms with van der Waals surface area (Å²) in [6, 6.07) is 11.7. The minimum atomic E-state index is -1.79. The minimum Gasteiger partial charge on any atom is -0.493 e. The number of carboxylic acid groups (broad SMARTS) is 2. The van der Waals surface area contributed by atoms with Crippen LogP contribution in [0.25, 0.3) is 0 Å². The Morgan fingerprint density at radius 1 is 0.750 bits per heavy atom. The summed E-state index contributed by atoms with van der Waals surface area (Å²) in [7, 11) is 6.50. The van der Waals surface area contributed by atoms with Crippen molar-refractivity contribution in [1.82, 2.24) is 4.90 Å². The summed E-state index contributed by atoms with van der Waals surface area (Å²) >= 11 is 0. The van der Waals surface area contributed by atoms with Gasteiger partial charge in [0.1, 0.15) is 6.10 Å². The molecule has 0 unspecified atom stereocenters. The molecule has 0 bridgehead atoms. The molecule has 3 fully saturated rings. The summed E-state index contributed by atoms with van der Waals surface area (Å²) in [6.45, 7) is 1.18. The first-order chi connectivity index (χ1) is 26.8. The molecule has 3 aliphatic rings. The Balaban J connectivity index is 0.000000254. The van der Waals surface area contributed by atoms with Crippen molar-refractivity contribution in [1.29, 1.82) is 0 Å². The third-order valence-electron chi connectivity index (χ3n) is 9.91. The number of carbonyl (C=O) groups is 4. The van der Waals surface area contributed by atoms with Crippen LogP contribution in [0.4, 0.5) is 0 Å². The Bertz CT molecular complexity index is 1570. The number of carbonyl (C=O) groups excluding carboxylic acids is 2. The molecule has 56 heavy (non-hydrogen) atoms. The molecule has 1 aliphatic heterocycles. The van der Waals surface area contributed by atoms with Crippen LogP contribution in [0.1, 0.15) is 75.3 Å². The van der Waals surface area contributed by atoms with Crippen molar-refractivity contribution in [2.45, 2.75) is 114 Å². The van der Waals surface area contributed by atoms with Crippen molar-refractivity contribution in [3.8, 4) is 23.0 Å². The van der Waals surface area contributed by atoms with Gasteiger partial charge in [-0.05, 0) is 73.9 Å². The number of nitrogens with two attached hydrogens (primary N) is 1. The highest BCUT2D eigenvalue weighted by Crippen LogP contribution is 2.31. The highest BCUT2D eigenvalue weighted by molar-refractivity contribution is 6.05. The number of benzene rings is 2. The number of hydrogen-bond donors (Lipinski definition) is 5. The molecule has 312 valence electrons. The standard InChI is InChI=1S/C20H27NO6.C16H25NO3.C4H6O5/c1-25-17-8-7-13(11-18(17)26-2)9-10-27-16-6-4-3-5-14(16)21-19(23)12-15(22)20(21)24;1-18-15-8-7-12(11-16(15)19-2)9-10-20-14-6-4-3-5-13(14)17;5-2(4(8)9)1-3(6)7/h7-8,11,14-16,22H,3-6,9-10,12H2,1-2H3;7-8,11,13-14H,3-6,9-10,17H2,1-2H3;2,5H,1H2,(H,6,7)(H,8,9)/t14-,15-,16-;13-,14-;2-/m111/s1. The van der Waals surface area contributed by atoms with Crippen LogP contribution >= 0.6 is 0 Å². The molecule has 2 aromatic carbocycles. The van der Waals surface area contributed by atoms with Crippen LogP contribution in [0.5, 0.6) is 23.0 Å². The molecule has 2 aliphatic carbocycles. The number of likely N-dealkylation sites (tertiary alicyclic amines) is 1. The molecule has 2 aromatic rings. The molecule has 6 atom stereocenters. The fourth-order valence-corrected chi connectivity index (χ4v) is 6.86. The molecule has 0 aromatic heterocycles. The molecule has 0 spiro atoms. The number of aliphatic hydroxyl groups excluding tert-OH is 2. The van der Waals surface area contributed by atoms with Gasteiger partial charge in [0.15, 0.2) is 29.1 Å². The van der Waals surface area contributed by atoms with Crippen molar-refractivity contribution in [2.75, 3.05) is 41.7 Å². The van der Waals surface area contributed by atoms with Crippen LogP contribution in [0.3, 0.4) is 0 Å². The van der Waals surface area contributed by atoms with Crippen molar-refractivity contribution in [3.63, 3.8) is 0 Å². The second-order valence-corrected chi connectivity index (χ2v) is 13.8. The predicted molar refractivity (Wildman–Crippen MR) is 203 cm³/mol. The molecule has 2 saturated carbocycles. The Kier molecular flexibility index (Phi) is 19.3. The lowest BCUT2D eigenvalue weighted by Gasteiger charge is -2.36. The summed E-state index contributed by atoms with van der Waals surface area (Å²) in [5.41, 5.74) is 8.33. The monoisotopic (exact) mass is 790 g/mol. The van der Waals surface area contributed by atoms with Gasteiger partial charge in [-0.25, -0.2) is 4.79 Å². The second-order valence-electron chi connectivity index (χ2n) is 13.8. The molecule has 2 amide bonds. The van der Waals surface area contributed by atoms with Crippen LogP contribution in [-0.4, -0.2) is 127 Å². The summed E-state index contributed by atoms with van der Waals surface area (Å²) in [5, 5.41) is 33.8. The topological polar surface area (TPSA) is 234 Å². The number of methoxy groups -OCH3 is 4. The lowest BCUT2D eigenvalue weighted by Crippen LogP contribution is -2.50. The number of ether oxygens (including phenoxy) is 6. The van der Waals surface area contributed by atoms with Crippen molar-refractivity contribution in [2.24, 2.45) is 5.73 Å². The van der Waals surface area contributed by atoms with E-state index in [9.17, 15) is 24.3 Å². The summed E-state index contributed by atoms with van der Waals surface area (Å²) in [5.74, 6) is -0.756. The molecule has 16 heteroatoms. The SMILES string of the molecule is COc1ccc(CCO[C@@H]2CCCC[C@H]2N)cc1OC.COc1ccc(CCO[C@@H]2CCCC[C@H]2N2C(=O)C[C@@H](O)C2=O)cc1OC.O=C(O)C[C@@H](O)C(=O)O. The van der Waals surface area contributed by atoms with E-state index in [0.717, 1.165) is 62.0 Å². The van der Waals surface area contributed by atoms with Gasteiger partial charge in [0.2, 0.25) is 5.91 Å². The third kappa shape index (κ3) is 13.9. The van der Waals surface area contributed by atoms with E-state index < -0.39 is 36.5 Å². The van der Waals surface area contributed by atoms with Gasteiger partial charge in [-0.2, -0.15) is 0 Å². The normalized spacial score (nSPS) is 22.5. The second kappa shape index (κ2) is 23.6. The maximum Gasteiger partial charge on any atom is 0.333 e. The summed E-state index contributed by atoms with van der Waals surface area (Å²) < 4.78 is 33.1. The molecule has 5 rings (SSSR count). The van der Waals surface area contributed by atoms with Crippen LogP contribution < -0.4 is 24.7 Å². The molecule has 0 radical (unpaired) electrons. The number of amides is 2. The van der Waals surface area contributed by atoms with E-state index in [0.29, 0.717) is 31.1 Å². The lowest BCUT2D eigenvalue weighted by atomic mass is 9.91. The highest BCUT2D eigenvalue weighted by Gasteiger charge is 2.45. The number of hydrogen-bond acceptors (Lipinski definition) is 13. The first kappa shape index (κ1) is 45.9. The van der Waals surface area contributed by atoms with Gasteiger partial charge >= 0.3 is 11.9 Å². The molecule has 1 heterocycles. The van der Waals surface area contributed by atoms with E-state index in [-0.39, 0.29) is 36.6 Å².